The zero-order chi connectivity index (χ0) is 11.4. The Morgan fingerprint density at radius 2 is 2.25 bits per heavy atom. The van der Waals surface area contributed by atoms with Crippen molar-refractivity contribution in [2.75, 3.05) is 13.1 Å². The van der Waals surface area contributed by atoms with E-state index in [1.807, 2.05) is 0 Å². The topological polar surface area (TPSA) is 42.2 Å². The average Bonchev–Trinajstić information content (AvgIpc) is 2.88. The second kappa shape index (κ2) is 5.75. The number of nitrogens with two attached hydrogens (primary N) is 1. The highest BCUT2D eigenvalue weighted by atomic mass is 32.1. The molecule has 0 unspecified atom stereocenters. The Morgan fingerprint density at radius 1 is 1.50 bits per heavy atom. The Kier molecular flexibility index (Phi) is 4.32. The minimum atomic E-state index is 0.741. The number of rotatable bonds is 5. The molecule has 1 aliphatic rings. The standard InChI is InChI=1S/C12H21N3S/c1-10-14-11(9-16-10)8-15(7-6-13)12-4-2-3-5-12/h9,12H,2-8,13H2,1H3. The van der Waals surface area contributed by atoms with Crippen molar-refractivity contribution >= 4 is 11.3 Å². The third kappa shape index (κ3) is 3.03. The van der Waals surface area contributed by atoms with E-state index >= 15 is 0 Å². The first kappa shape index (κ1) is 12.0. The number of hydrogen-bond donors (Lipinski definition) is 1. The Morgan fingerprint density at radius 3 is 2.81 bits per heavy atom. The molecule has 1 fully saturated rings. The van der Waals surface area contributed by atoms with Crippen LogP contribution in [0.4, 0.5) is 0 Å². The van der Waals surface area contributed by atoms with Gasteiger partial charge in [0.2, 0.25) is 0 Å². The summed E-state index contributed by atoms with van der Waals surface area (Å²) in [7, 11) is 0. The van der Waals surface area contributed by atoms with Crippen molar-refractivity contribution in [3.8, 4) is 0 Å². The smallest absolute Gasteiger partial charge is 0.0897 e. The van der Waals surface area contributed by atoms with Crippen LogP contribution in [0.3, 0.4) is 0 Å². The van der Waals surface area contributed by atoms with Gasteiger partial charge in [-0.15, -0.1) is 11.3 Å². The van der Waals surface area contributed by atoms with Crippen molar-refractivity contribution in [2.24, 2.45) is 5.73 Å². The summed E-state index contributed by atoms with van der Waals surface area (Å²) in [6.07, 6.45) is 5.43. The van der Waals surface area contributed by atoms with Gasteiger partial charge in [0.25, 0.3) is 0 Å². The van der Waals surface area contributed by atoms with E-state index < -0.39 is 0 Å². The van der Waals surface area contributed by atoms with Crippen molar-refractivity contribution in [3.63, 3.8) is 0 Å². The van der Waals surface area contributed by atoms with E-state index in [0.717, 1.165) is 30.7 Å². The average molecular weight is 239 g/mol. The van der Waals surface area contributed by atoms with E-state index in [4.69, 9.17) is 5.73 Å². The van der Waals surface area contributed by atoms with Crippen molar-refractivity contribution in [1.82, 2.24) is 9.88 Å². The summed E-state index contributed by atoms with van der Waals surface area (Å²) in [5, 5.41) is 3.34. The van der Waals surface area contributed by atoms with Gasteiger partial charge in [0.05, 0.1) is 10.7 Å². The molecular weight excluding hydrogens is 218 g/mol. The first-order valence-corrected chi connectivity index (χ1v) is 7.02. The molecule has 0 bridgehead atoms. The van der Waals surface area contributed by atoms with Crippen LogP contribution in [0.25, 0.3) is 0 Å². The first-order valence-electron chi connectivity index (χ1n) is 6.14. The summed E-state index contributed by atoms with van der Waals surface area (Å²) in [4.78, 5) is 7.06. The van der Waals surface area contributed by atoms with Gasteiger partial charge in [-0.05, 0) is 19.8 Å². The van der Waals surface area contributed by atoms with Crippen LogP contribution in [0.5, 0.6) is 0 Å². The van der Waals surface area contributed by atoms with Gasteiger partial charge in [-0.25, -0.2) is 4.98 Å². The van der Waals surface area contributed by atoms with Crippen LogP contribution in [0, 0.1) is 6.92 Å². The zero-order valence-corrected chi connectivity index (χ0v) is 10.8. The molecule has 0 amide bonds. The van der Waals surface area contributed by atoms with Crippen molar-refractivity contribution in [2.45, 2.75) is 45.2 Å². The van der Waals surface area contributed by atoms with Gasteiger partial charge in [-0.1, -0.05) is 12.8 Å². The monoisotopic (exact) mass is 239 g/mol. The molecule has 0 radical (unpaired) electrons. The van der Waals surface area contributed by atoms with E-state index in [0.29, 0.717) is 0 Å². The van der Waals surface area contributed by atoms with Crippen molar-refractivity contribution < 1.29 is 0 Å². The molecule has 1 aliphatic carbocycles. The van der Waals surface area contributed by atoms with Crippen molar-refractivity contribution in [3.05, 3.63) is 16.1 Å². The van der Waals surface area contributed by atoms with Crippen LogP contribution in [0.1, 0.15) is 36.4 Å². The van der Waals surface area contributed by atoms with Crippen molar-refractivity contribution in [1.29, 1.82) is 0 Å². The van der Waals surface area contributed by atoms with Gasteiger partial charge in [0.1, 0.15) is 0 Å². The lowest BCUT2D eigenvalue weighted by atomic mass is 10.2. The molecule has 0 saturated heterocycles. The fourth-order valence-electron chi connectivity index (χ4n) is 2.51. The second-order valence-electron chi connectivity index (χ2n) is 4.56. The molecule has 1 aromatic rings. The van der Waals surface area contributed by atoms with E-state index in [-0.39, 0.29) is 0 Å². The highest BCUT2D eigenvalue weighted by Gasteiger charge is 2.22. The predicted octanol–water partition coefficient (Wildman–Crippen LogP) is 2.15. The molecule has 0 aliphatic heterocycles. The molecule has 1 aromatic heterocycles. The molecule has 1 saturated carbocycles. The molecule has 2 rings (SSSR count). The predicted molar refractivity (Wildman–Crippen MR) is 68.6 cm³/mol. The molecule has 0 aromatic carbocycles. The molecule has 16 heavy (non-hydrogen) atoms. The van der Waals surface area contributed by atoms with Gasteiger partial charge in [-0.3, -0.25) is 4.90 Å². The Balaban J connectivity index is 1.96. The highest BCUT2D eigenvalue weighted by molar-refractivity contribution is 7.09. The van der Waals surface area contributed by atoms with E-state index in [1.165, 1.54) is 31.4 Å². The first-order chi connectivity index (χ1) is 7.79. The zero-order valence-electron chi connectivity index (χ0n) is 9.98. The molecular formula is C12H21N3S. The number of thiazole rings is 1. The summed E-state index contributed by atoms with van der Waals surface area (Å²) >= 11 is 1.74. The van der Waals surface area contributed by atoms with Crippen LogP contribution in [0.2, 0.25) is 0 Å². The van der Waals surface area contributed by atoms with Crippen LogP contribution in [-0.2, 0) is 6.54 Å². The fourth-order valence-corrected chi connectivity index (χ4v) is 3.12. The maximum atomic E-state index is 5.70. The Bertz CT molecular complexity index is 318. The Hall–Kier alpha value is -0.450. The SMILES string of the molecule is Cc1nc(CN(CCN)C2CCCC2)cs1. The van der Waals surface area contributed by atoms with Crippen LogP contribution in [0.15, 0.2) is 5.38 Å². The van der Waals surface area contributed by atoms with Crippen LogP contribution < -0.4 is 5.73 Å². The molecule has 3 nitrogen and oxygen atoms in total. The van der Waals surface area contributed by atoms with E-state index in [9.17, 15) is 0 Å². The highest BCUT2D eigenvalue weighted by Crippen LogP contribution is 2.24. The lowest BCUT2D eigenvalue weighted by Gasteiger charge is -2.27. The molecule has 2 N–H and O–H groups in total. The number of aromatic nitrogens is 1. The molecule has 90 valence electrons. The van der Waals surface area contributed by atoms with Gasteiger partial charge in [-0.2, -0.15) is 0 Å². The normalized spacial score (nSPS) is 17.4. The number of nitrogens with zero attached hydrogens (tertiary/aromatic N) is 2. The van der Waals surface area contributed by atoms with Crippen LogP contribution in [-0.4, -0.2) is 29.0 Å². The Labute approximate surface area is 102 Å². The third-order valence-corrected chi connectivity index (χ3v) is 4.11. The fraction of sp³-hybridized carbons (Fsp3) is 0.750. The summed E-state index contributed by atoms with van der Waals surface area (Å²) in [6, 6.07) is 0.741. The quantitative estimate of drug-likeness (QED) is 0.856. The second-order valence-corrected chi connectivity index (χ2v) is 5.62. The van der Waals surface area contributed by atoms with Gasteiger partial charge < -0.3 is 5.73 Å². The van der Waals surface area contributed by atoms with Gasteiger partial charge in [0, 0.05) is 31.1 Å². The number of aryl methyl sites for hydroxylation is 1. The van der Waals surface area contributed by atoms with Crippen LogP contribution >= 0.6 is 11.3 Å². The third-order valence-electron chi connectivity index (χ3n) is 3.29. The van der Waals surface area contributed by atoms with E-state index in [1.54, 1.807) is 11.3 Å². The summed E-state index contributed by atoms with van der Waals surface area (Å²) < 4.78 is 0. The van der Waals surface area contributed by atoms with Gasteiger partial charge in [0.15, 0.2) is 0 Å². The molecule has 1 heterocycles. The number of hydrogen-bond acceptors (Lipinski definition) is 4. The molecule has 0 spiro atoms. The van der Waals surface area contributed by atoms with Gasteiger partial charge >= 0.3 is 0 Å². The van der Waals surface area contributed by atoms with E-state index in [2.05, 4.69) is 22.2 Å². The maximum Gasteiger partial charge on any atom is 0.0897 e. The summed E-state index contributed by atoms with van der Waals surface area (Å²) in [5.74, 6) is 0. The largest absolute Gasteiger partial charge is 0.329 e. The maximum absolute atomic E-state index is 5.70. The summed E-state index contributed by atoms with van der Waals surface area (Å²) in [5.41, 5.74) is 6.91. The lowest BCUT2D eigenvalue weighted by molar-refractivity contribution is 0.193. The minimum absolute atomic E-state index is 0.741. The summed E-state index contributed by atoms with van der Waals surface area (Å²) in [6.45, 7) is 4.80. The molecule has 4 heteroatoms. The lowest BCUT2D eigenvalue weighted by Crippen LogP contribution is -2.36. The minimum Gasteiger partial charge on any atom is -0.329 e. The molecule has 0 atom stereocenters.